The van der Waals surface area contributed by atoms with Crippen LogP contribution in [-0.2, 0) is 0 Å². The summed E-state index contributed by atoms with van der Waals surface area (Å²) < 4.78 is 1.90. The van der Waals surface area contributed by atoms with Gasteiger partial charge < -0.3 is 11.5 Å². The summed E-state index contributed by atoms with van der Waals surface area (Å²) in [7, 11) is 0. The van der Waals surface area contributed by atoms with Gasteiger partial charge in [0.2, 0.25) is 0 Å². The van der Waals surface area contributed by atoms with E-state index < -0.39 is 0 Å². The Balaban J connectivity index is 2.86. The SMILES string of the molecule is CC(C)CC[C@H](N)c1cc(Br)cc(Br)c1N. The Morgan fingerprint density at radius 2 is 1.81 bits per heavy atom. The van der Waals surface area contributed by atoms with Crippen molar-refractivity contribution in [1.82, 2.24) is 0 Å². The van der Waals surface area contributed by atoms with Crippen LogP contribution in [-0.4, -0.2) is 0 Å². The molecule has 4 N–H and O–H groups in total. The molecule has 2 nitrogen and oxygen atoms in total. The average Bonchev–Trinajstić information content (AvgIpc) is 2.19. The molecule has 4 heteroatoms. The van der Waals surface area contributed by atoms with Gasteiger partial charge in [-0.3, -0.25) is 0 Å². The predicted octanol–water partition coefficient (Wildman–Crippen LogP) is 4.23. The molecule has 1 rings (SSSR count). The van der Waals surface area contributed by atoms with Crippen molar-refractivity contribution in [3.05, 3.63) is 26.6 Å². The van der Waals surface area contributed by atoms with Gasteiger partial charge in [0, 0.05) is 15.0 Å². The third-order valence-corrected chi connectivity index (χ3v) is 3.69. The highest BCUT2D eigenvalue weighted by Crippen LogP contribution is 2.33. The third-order valence-electron chi connectivity index (χ3n) is 2.58. The van der Waals surface area contributed by atoms with Gasteiger partial charge in [-0.1, -0.05) is 29.8 Å². The number of halogens is 2. The smallest absolute Gasteiger partial charge is 0.0507 e. The Bertz CT molecular complexity index is 364. The van der Waals surface area contributed by atoms with Crippen LogP contribution in [0.25, 0.3) is 0 Å². The molecule has 0 unspecified atom stereocenters. The molecule has 0 aromatic heterocycles. The largest absolute Gasteiger partial charge is 0.398 e. The topological polar surface area (TPSA) is 52.0 Å². The van der Waals surface area contributed by atoms with E-state index in [0.29, 0.717) is 5.92 Å². The summed E-state index contributed by atoms with van der Waals surface area (Å²) in [6.07, 6.45) is 2.08. The Morgan fingerprint density at radius 3 is 2.38 bits per heavy atom. The van der Waals surface area contributed by atoms with E-state index in [0.717, 1.165) is 33.0 Å². The lowest BCUT2D eigenvalue weighted by Crippen LogP contribution is -2.13. The van der Waals surface area contributed by atoms with E-state index in [1.165, 1.54) is 0 Å². The number of anilines is 1. The van der Waals surface area contributed by atoms with Crippen LogP contribution in [0.1, 0.15) is 38.3 Å². The van der Waals surface area contributed by atoms with Gasteiger partial charge in [-0.05, 0) is 52.4 Å². The highest BCUT2D eigenvalue weighted by molar-refractivity contribution is 9.11. The van der Waals surface area contributed by atoms with E-state index in [9.17, 15) is 0 Å². The standard InChI is InChI=1S/C12H18Br2N2/c1-7(2)3-4-11(15)9-5-8(13)6-10(14)12(9)16/h5-7,11H,3-4,15-16H2,1-2H3/t11-/m0/s1. The van der Waals surface area contributed by atoms with Gasteiger partial charge in [0.1, 0.15) is 0 Å². The van der Waals surface area contributed by atoms with E-state index in [-0.39, 0.29) is 6.04 Å². The van der Waals surface area contributed by atoms with Crippen molar-refractivity contribution in [2.45, 2.75) is 32.7 Å². The maximum Gasteiger partial charge on any atom is 0.0507 e. The van der Waals surface area contributed by atoms with E-state index in [2.05, 4.69) is 45.7 Å². The lowest BCUT2D eigenvalue weighted by Gasteiger charge is -2.17. The molecule has 1 aromatic rings. The fraction of sp³-hybridized carbons (Fsp3) is 0.500. The second-order valence-electron chi connectivity index (χ2n) is 4.47. The molecule has 0 saturated heterocycles. The van der Waals surface area contributed by atoms with Gasteiger partial charge in [-0.2, -0.15) is 0 Å². The molecule has 0 radical (unpaired) electrons. The Kier molecular flexibility index (Phi) is 5.28. The van der Waals surface area contributed by atoms with Crippen LogP contribution in [0.5, 0.6) is 0 Å². The van der Waals surface area contributed by atoms with Crippen LogP contribution < -0.4 is 11.5 Å². The summed E-state index contributed by atoms with van der Waals surface area (Å²) in [6, 6.07) is 3.95. The number of nitrogen functional groups attached to an aromatic ring is 1. The predicted molar refractivity (Wildman–Crippen MR) is 77.3 cm³/mol. The number of rotatable bonds is 4. The number of hydrogen-bond acceptors (Lipinski definition) is 2. The van der Waals surface area contributed by atoms with Crippen LogP contribution in [0.15, 0.2) is 21.1 Å². The lowest BCUT2D eigenvalue weighted by atomic mass is 9.97. The maximum atomic E-state index is 6.16. The van der Waals surface area contributed by atoms with Crippen molar-refractivity contribution >= 4 is 37.5 Å². The minimum atomic E-state index is 0.0104. The zero-order valence-corrected chi connectivity index (χ0v) is 12.8. The minimum Gasteiger partial charge on any atom is -0.398 e. The van der Waals surface area contributed by atoms with Crippen LogP contribution in [0.2, 0.25) is 0 Å². The molecule has 0 spiro atoms. The summed E-state index contributed by atoms with van der Waals surface area (Å²) in [5.41, 5.74) is 13.9. The summed E-state index contributed by atoms with van der Waals surface area (Å²) in [5, 5.41) is 0. The van der Waals surface area contributed by atoms with Crippen LogP contribution in [0.4, 0.5) is 5.69 Å². The van der Waals surface area contributed by atoms with Crippen LogP contribution in [0.3, 0.4) is 0 Å². The number of nitrogens with two attached hydrogens (primary N) is 2. The van der Waals surface area contributed by atoms with E-state index in [1.807, 2.05) is 12.1 Å². The van der Waals surface area contributed by atoms with Gasteiger partial charge in [0.05, 0.1) is 5.69 Å². The first-order chi connectivity index (χ1) is 7.41. The molecule has 0 bridgehead atoms. The first-order valence-corrected chi connectivity index (χ1v) is 7.00. The highest BCUT2D eigenvalue weighted by atomic mass is 79.9. The molecule has 0 heterocycles. The van der Waals surface area contributed by atoms with Crippen molar-refractivity contribution in [1.29, 1.82) is 0 Å². The minimum absolute atomic E-state index is 0.0104. The summed E-state index contributed by atoms with van der Waals surface area (Å²) >= 11 is 6.89. The molecule has 0 aliphatic rings. The molecule has 0 fully saturated rings. The first kappa shape index (κ1) is 14.0. The zero-order chi connectivity index (χ0) is 12.3. The van der Waals surface area contributed by atoms with Gasteiger partial charge in [0.25, 0.3) is 0 Å². The van der Waals surface area contributed by atoms with Crippen molar-refractivity contribution in [3.63, 3.8) is 0 Å². The van der Waals surface area contributed by atoms with E-state index in [1.54, 1.807) is 0 Å². The molecule has 16 heavy (non-hydrogen) atoms. The van der Waals surface area contributed by atoms with Crippen molar-refractivity contribution in [2.75, 3.05) is 5.73 Å². The number of hydrogen-bond donors (Lipinski definition) is 2. The summed E-state index contributed by atoms with van der Waals surface area (Å²) in [6.45, 7) is 4.40. The zero-order valence-electron chi connectivity index (χ0n) is 9.63. The first-order valence-electron chi connectivity index (χ1n) is 5.41. The van der Waals surface area contributed by atoms with Gasteiger partial charge in [-0.25, -0.2) is 0 Å². The van der Waals surface area contributed by atoms with Crippen LogP contribution in [0, 0.1) is 5.92 Å². The monoisotopic (exact) mass is 348 g/mol. The van der Waals surface area contributed by atoms with Gasteiger partial charge >= 0.3 is 0 Å². The fourth-order valence-corrected chi connectivity index (χ4v) is 2.84. The quantitative estimate of drug-likeness (QED) is 0.799. The van der Waals surface area contributed by atoms with Crippen molar-refractivity contribution < 1.29 is 0 Å². The molecular formula is C12H18Br2N2. The molecule has 1 aromatic carbocycles. The van der Waals surface area contributed by atoms with Crippen LogP contribution >= 0.6 is 31.9 Å². The lowest BCUT2D eigenvalue weighted by molar-refractivity contribution is 0.507. The maximum absolute atomic E-state index is 6.16. The second kappa shape index (κ2) is 6.03. The fourth-order valence-electron chi connectivity index (χ4n) is 1.58. The second-order valence-corrected chi connectivity index (χ2v) is 6.24. The number of benzene rings is 1. The van der Waals surface area contributed by atoms with Gasteiger partial charge in [-0.15, -0.1) is 0 Å². The van der Waals surface area contributed by atoms with Gasteiger partial charge in [0.15, 0.2) is 0 Å². The molecule has 90 valence electrons. The Labute approximate surface area is 114 Å². The highest BCUT2D eigenvalue weighted by Gasteiger charge is 2.13. The molecule has 1 atom stereocenters. The summed E-state index contributed by atoms with van der Waals surface area (Å²) in [4.78, 5) is 0. The Morgan fingerprint density at radius 1 is 1.19 bits per heavy atom. The molecule has 0 saturated carbocycles. The van der Waals surface area contributed by atoms with E-state index >= 15 is 0 Å². The summed E-state index contributed by atoms with van der Waals surface area (Å²) in [5.74, 6) is 0.669. The molecule has 0 aliphatic heterocycles. The van der Waals surface area contributed by atoms with E-state index in [4.69, 9.17) is 11.5 Å². The Hall–Kier alpha value is -0.0600. The third kappa shape index (κ3) is 3.75. The normalized spacial score (nSPS) is 13.1. The average molecular weight is 350 g/mol. The molecular weight excluding hydrogens is 332 g/mol. The van der Waals surface area contributed by atoms with Crippen molar-refractivity contribution in [3.8, 4) is 0 Å². The molecule has 0 aliphatic carbocycles. The molecule has 0 amide bonds. The van der Waals surface area contributed by atoms with Crippen molar-refractivity contribution in [2.24, 2.45) is 11.7 Å².